The summed E-state index contributed by atoms with van der Waals surface area (Å²) >= 11 is 7.56. The summed E-state index contributed by atoms with van der Waals surface area (Å²) in [6.07, 6.45) is 0. The van der Waals surface area contributed by atoms with Crippen LogP contribution >= 0.6 is 31.9 Å². The number of rotatable bonds is 3. The topological polar surface area (TPSA) is 0 Å². The molecule has 1 aliphatic carbocycles. The first-order valence-electron chi connectivity index (χ1n) is 12.7. The van der Waals surface area contributed by atoms with Gasteiger partial charge in [-0.15, -0.1) is 0 Å². The highest BCUT2D eigenvalue weighted by Gasteiger charge is 2.47. The van der Waals surface area contributed by atoms with Gasteiger partial charge in [0.1, 0.15) is 0 Å². The predicted molar refractivity (Wildman–Crippen MR) is 164 cm³/mol. The fourth-order valence-electron chi connectivity index (χ4n) is 6.54. The van der Waals surface area contributed by atoms with Crippen LogP contribution in [-0.2, 0) is 5.41 Å². The van der Waals surface area contributed by atoms with Crippen molar-refractivity contribution in [1.82, 2.24) is 0 Å². The normalized spacial score (nSPS) is 13.4. The van der Waals surface area contributed by atoms with E-state index >= 15 is 0 Å². The molecule has 0 aliphatic heterocycles. The van der Waals surface area contributed by atoms with E-state index in [1.165, 1.54) is 66.8 Å². The smallest absolute Gasteiger partial charge is 0.0613 e. The van der Waals surface area contributed by atoms with E-state index in [1.807, 2.05) is 0 Å². The first-order chi connectivity index (χ1) is 17.8. The van der Waals surface area contributed by atoms with Gasteiger partial charge in [0.05, 0.1) is 5.41 Å². The highest BCUT2D eigenvalue weighted by molar-refractivity contribution is 9.10. The van der Waals surface area contributed by atoms with Crippen LogP contribution in [0.5, 0.6) is 0 Å². The predicted octanol–water partition coefficient (Wildman–Crippen LogP) is 10.5. The average molecular weight is 608 g/mol. The Morgan fingerprint density at radius 3 is 1.68 bits per heavy atom. The number of aryl methyl sites for hydroxylation is 4. The molecule has 0 heterocycles. The van der Waals surface area contributed by atoms with Crippen LogP contribution in [0.2, 0.25) is 0 Å². The third kappa shape index (κ3) is 3.76. The summed E-state index contributed by atoms with van der Waals surface area (Å²) in [5.41, 5.74) is 15.3. The molecule has 0 aromatic heterocycles. The minimum absolute atomic E-state index is 0.436. The quantitative estimate of drug-likeness (QED) is 0.188. The Morgan fingerprint density at radius 1 is 0.486 bits per heavy atom. The van der Waals surface area contributed by atoms with Crippen LogP contribution in [0.4, 0.5) is 0 Å². The second kappa shape index (κ2) is 9.11. The molecule has 5 aromatic rings. The summed E-state index contributed by atoms with van der Waals surface area (Å²) in [5.74, 6) is 0. The first kappa shape index (κ1) is 24.4. The van der Waals surface area contributed by atoms with Crippen molar-refractivity contribution in [3.05, 3.63) is 151 Å². The lowest BCUT2D eigenvalue weighted by molar-refractivity contribution is 0.767. The second-order valence-electron chi connectivity index (χ2n) is 10.3. The summed E-state index contributed by atoms with van der Waals surface area (Å²) in [4.78, 5) is 0. The van der Waals surface area contributed by atoms with Crippen molar-refractivity contribution in [3.8, 4) is 22.3 Å². The zero-order valence-corrected chi connectivity index (χ0v) is 24.7. The molecule has 0 atom stereocenters. The SMILES string of the molecule is Cc1cc(C)c(-c2cccc3c2-c2cc(C)ccc2C3(c2cccc(Br)c2)c2cccc(Br)c2)c(C)c1. The highest BCUT2D eigenvalue weighted by Crippen LogP contribution is 2.59. The standard InChI is InChI=1S/C35H28Br2/c1-21-14-15-31-30(18-21)34-29(33-23(3)16-22(2)17-24(33)4)12-7-13-32(34)35(31,25-8-5-10-27(36)19-25)26-9-6-11-28(37)20-26/h5-20H,1-4H3. The minimum atomic E-state index is -0.436. The molecule has 0 amide bonds. The van der Waals surface area contributed by atoms with Crippen LogP contribution in [0.15, 0.2) is 106 Å². The Hall–Kier alpha value is -2.94. The Bertz CT molecular complexity index is 1620. The van der Waals surface area contributed by atoms with Crippen LogP contribution in [0.3, 0.4) is 0 Å². The molecule has 37 heavy (non-hydrogen) atoms. The van der Waals surface area contributed by atoms with Crippen molar-refractivity contribution in [3.63, 3.8) is 0 Å². The number of halogens is 2. The summed E-state index contributed by atoms with van der Waals surface area (Å²) in [6, 6.07) is 36.2. The van der Waals surface area contributed by atoms with Gasteiger partial charge in [-0.25, -0.2) is 0 Å². The van der Waals surface area contributed by atoms with Crippen LogP contribution in [0, 0.1) is 27.7 Å². The molecule has 0 spiro atoms. The molecule has 0 nitrogen and oxygen atoms in total. The molecule has 0 saturated heterocycles. The lowest BCUT2D eigenvalue weighted by atomic mass is 9.67. The molecule has 0 bridgehead atoms. The van der Waals surface area contributed by atoms with Crippen molar-refractivity contribution in [2.24, 2.45) is 0 Å². The van der Waals surface area contributed by atoms with Gasteiger partial charge in [0, 0.05) is 8.95 Å². The Labute approximate surface area is 236 Å². The molecule has 0 saturated carbocycles. The third-order valence-corrected chi connectivity index (χ3v) is 8.77. The highest BCUT2D eigenvalue weighted by atomic mass is 79.9. The maximum absolute atomic E-state index is 3.78. The van der Waals surface area contributed by atoms with Crippen molar-refractivity contribution in [2.45, 2.75) is 33.1 Å². The molecular formula is C35H28Br2. The van der Waals surface area contributed by atoms with Gasteiger partial charge in [0.15, 0.2) is 0 Å². The number of fused-ring (bicyclic) bond motifs is 3. The Morgan fingerprint density at radius 2 is 1.08 bits per heavy atom. The summed E-state index contributed by atoms with van der Waals surface area (Å²) in [7, 11) is 0. The number of hydrogen-bond acceptors (Lipinski definition) is 0. The van der Waals surface area contributed by atoms with Crippen molar-refractivity contribution in [1.29, 1.82) is 0 Å². The van der Waals surface area contributed by atoms with Crippen LogP contribution < -0.4 is 0 Å². The molecule has 6 rings (SSSR count). The maximum Gasteiger partial charge on any atom is 0.0714 e. The van der Waals surface area contributed by atoms with E-state index in [0.29, 0.717) is 0 Å². The van der Waals surface area contributed by atoms with Crippen LogP contribution in [-0.4, -0.2) is 0 Å². The molecule has 0 fully saturated rings. The molecule has 0 radical (unpaired) electrons. The van der Waals surface area contributed by atoms with Crippen LogP contribution in [0.1, 0.15) is 44.5 Å². The van der Waals surface area contributed by atoms with Gasteiger partial charge in [-0.1, -0.05) is 116 Å². The lowest BCUT2D eigenvalue weighted by Crippen LogP contribution is -2.28. The van der Waals surface area contributed by atoms with Gasteiger partial charge in [-0.2, -0.15) is 0 Å². The summed E-state index contributed by atoms with van der Waals surface area (Å²) in [6.45, 7) is 8.87. The Balaban J connectivity index is 1.82. The molecular weight excluding hydrogens is 580 g/mol. The zero-order valence-electron chi connectivity index (χ0n) is 21.5. The summed E-state index contributed by atoms with van der Waals surface area (Å²) < 4.78 is 2.17. The van der Waals surface area contributed by atoms with Gasteiger partial charge in [-0.3, -0.25) is 0 Å². The first-order valence-corrected chi connectivity index (χ1v) is 14.2. The van der Waals surface area contributed by atoms with E-state index in [4.69, 9.17) is 0 Å². The minimum Gasteiger partial charge on any atom is -0.0613 e. The maximum atomic E-state index is 3.78. The fraction of sp³-hybridized carbons (Fsp3) is 0.143. The monoisotopic (exact) mass is 606 g/mol. The summed E-state index contributed by atoms with van der Waals surface area (Å²) in [5, 5.41) is 0. The fourth-order valence-corrected chi connectivity index (χ4v) is 7.34. The molecule has 0 N–H and O–H groups in total. The van der Waals surface area contributed by atoms with Gasteiger partial charge in [0.2, 0.25) is 0 Å². The average Bonchev–Trinajstić information content (AvgIpc) is 3.14. The third-order valence-electron chi connectivity index (χ3n) is 7.78. The second-order valence-corrected chi connectivity index (χ2v) is 12.2. The van der Waals surface area contributed by atoms with E-state index < -0.39 is 5.41 Å². The molecule has 1 aliphatic rings. The largest absolute Gasteiger partial charge is 0.0714 e. The van der Waals surface area contributed by atoms with E-state index in [-0.39, 0.29) is 0 Å². The van der Waals surface area contributed by atoms with Gasteiger partial charge in [0.25, 0.3) is 0 Å². The van der Waals surface area contributed by atoms with E-state index in [0.717, 1.165) is 8.95 Å². The van der Waals surface area contributed by atoms with Crippen molar-refractivity contribution < 1.29 is 0 Å². The van der Waals surface area contributed by atoms with E-state index in [2.05, 4.69) is 157 Å². The number of benzene rings is 5. The Kier molecular flexibility index (Phi) is 6.01. The zero-order chi connectivity index (χ0) is 25.9. The molecule has 0 unspecified atom stereocenters. The van der Waals surface area contributed by atoms with Crippen LogP contribution in [0.25, 0.3) is 22.3 Å². The van der Waals surface area contributed by atoms with E-state index in [1.54, 1.807) is 0 Å². The van der Waals surface area contributed by atoms with Gasteiger partial charge >= 0.3 is 0 Å². The van der Waals surface area contributed by atoms with Crippen molar-refractivity contribution >= 4 is 31.9 Å². The van der Waals surface area contributed by atoms with Gasteiger partial charge < -0.3 is 0 Å². The molecule has 2 heteroatoms. The van der Waals surface area contributed by atoms with E-state index in [9.17, 15) is 0 Å². The van der Waals surface area contributed by atoms with Crippen molar-refractivity contribution in [2.75, 3.05) is 0 Å². The molecule has 5 aromatic carbocycles. The number of hydrogen-bond donors (Lipinski definition) is 0. The lowest BCUT2D eigenvalue weighted by Gasteiger charge is -2.34. The van der Waals surface area contributed by atoms with Gasteiger partial charge in [-0.05, 0) is 108 Å². The molecule has 182 valence electrons.